The van der Waals surface area contributed by atoms with E-state index in [1.165, 1.54) is 53.6 Å². The lowest BCUT2D eigenvalue weighted by Crippen LogP contribution is -2.47. The second-order valence-corrected chi connectivity index (χ2v) is 8.91. The summed E-state index contributed by atoms with van der Waals surface area (Å²) in [6, 6.07) is 12.7. The molecule has 1 aliphatic rings. The normalized spacial score (nSPS) is 15.4. The molecule has 0 aliphatic carbocycles. The first-order chi connectivity index (χ1) is 14.8. The fourth-order valence-electron chi connectivity index (χ4n) is 3.24. The molecule has 1 aromatic heterocycles. The number of sulfonamides is 1. The lowest BCUT2D eigenvalue weighted by atomic mass is 10.2. The molecular formula is C21H18F2N4O3S. The molecular weight excluding hydrogens is 426 g/mol. The molecule has 3 aromatic rings. The third-order valence-electron chi connectivity index (χ3n) is 4.82. The van der Waals surface area contributed by atoms with Gasteiger partial charge < -0.3 is 10.2 Å². The number of rotatable bonds is 4. The third-order valence-corrected chi connectivity index (χ3v) is 6.62. The van der Waals surface area contributed by atoms with Gasteiger partial charge in [0.1, 0.15) is 16.5 Å². The van der Waals surface area contributed by atoms with Crippen LogP contribution < -0.4 is 10.2 Å². The van der Waals surface area contributed by atoms with Gasteiger partial charge in [-0.3, -0.25) is 4.79 Å². The average Bonchev–Trinajstić information content (AvgIpc) is 2.73. The van der Waals surface area contributed by atoms with Gasteiger partial charge in [0.2, 0.25) is 15.9 Å². The van der Waals surface area contributed by atoms with Gasteiger partial charge in [0, 0.05) is 17.6 Å². The summed E-state index contributed by atoms with van der Waals surface area (Å²) >= 11 is 0. The number of hydrogen-bond acceptors (Lipinski definition) is 5. The monoisotopic (exact) mass is 444 g/mol. The Balaban J connectivity index is 1.64. The molecule has 0 spiro atoms. The molecule has 0 fully saturated rings. The zero-order valence-electron chi connectivity index (χ0n) is 16.4. The minimum atomic E-state index is -4.04. The van der Waals surface area contributed by atoms with Crippen molar-refractivity contribution in [3.63, 3.8) is 0 Å². The van der Waals surface area contributed by atoms with Crippen molar-refractivity contribution in [2.75, 3.05) is 23.4 Å². The number of fused-ring (bicyclic) bond motifs is 1. The van der Waals surface area contributed by atoms with E-state index in [-0.39, 0.29) is 23.1 Å². The summed E-state index contributed by atoms with van der Waals surface area (Å²) < 4.78 is 54.7. The van der Waals surface area contributed by atoms with Crippen LogP contribution in [0.25, 0.3) is 0 Å². The van der Waals surface area contributed by atoms with E-state index in [2.05, 4.69) is 10.3 Å². The lowest BCUT2D eigenvalue weighted by Gasteiger charge is -2.36. The van der Waals surface area contributed by atoms with Crippen LogP contribution in [0.15, 0.2) is 65.7 Å². The summed E-state index contributed by atoms with van der Waals surface area (Å²) in [7, 11) is -4.04. The Morgan fingerprint density at radius 2 is 1.94 bits per heavy atom. The lowest BCUT2D eigenvalue weighted by molar-refractivity contribution is -0.116. The number of carbonyl (C=O) groups is 1. The molecule has 31 heavy (non-hydrogen) atoms. The Morgan fingerprint density at radius 1 is 1.13 bits per heavy atom. The third kappa shape index (κ3) is 4.12. The van der Waals surface area contributed by atoms with Gasteiger partial charge in [-0.15, -0.1) is 0 Å². The van der Waals surface area contributed by atoms with Crippen LogP contribution in [-0.4, -0.2) is 36.8 Å². The molecule has 0 bridgehead atoms. The number of anilines is 3. The van der Waals surface area contributed by atoms with Crippen LogP contribution in [0.2, 0.25) is 0 Å². The molecule has 0 unspecified atom stereocenters. The van der Waals surface area contributed by atoms with Crippen LogP contribution in [0, 0.1) is 18.6 Å². The smallest absolute Gasteiger partial charge is 0.248 e. The van der Waals surface area contributed by atoms with Gasteiger partial charge in [0.25, 0.3) is 0 Å². The highest BCUT2D eigenvalue weighted by Gasteiger charge is 2.38. The van der Waals surface area contributed by atoms with Crippen LogP contribution in [0.4, 0.5) is 26.0 Å². The average molecular weight is 444 g/mol. The molecule has 0 radical (unpaired) electrons. The van der Waals surface area contributed by atoms with Crippen molar-refractivity contribution < 1.29 is 22.0 Å². The topological polar surface area (TPSA) is 82.6 Å². The highest BCUT2D eigenvalue weighted by atomic mass is 32.2. The molecule has 160 valence electrons. The molecule has 4 rings (SSSR count). The van der Waals surface area contributed by atoms with Crippen molar-refractivity contribution in [2.24, 2.45) is 0 Å². The summed E-state index contributed by atoms with van der Waals surface area (Å²) in [5.41, 5.74) is 1.03. The van der Waals surface area contributed by atoms with E-state index in [0.717, 1.165) is 10.4 Å². The van der Waals surface area contributed by atoms with Crippen LogP contribution in [0.1, 0.15) is 5.56 Å². The summed E-state index contributed by atoms with van der Waals surface area (Å²) in [5, 5.41) is 2.50. The predicted molar refractivity (Wildman–Crippen MR) is 111 cm³/mol. The first-order valence-electron chi connectivity index (χ1n) is 9.30. The maximum absolute atomic E-state index is 13.8. The van der Waals surface area contributed by atoms with Crippen LogP contribution in [-0.2, 0) is 14.8 Å². The maximum atomic E-state index is 13.8. The summed E-state index contributed by atoms with van der Waals surface area (Å²) in [6.45, 7) is 0.831. The summed E-state index contributed by atoms with van der Waals surface area (Å²) in [5.74, 6) is -1.47. The van der Waals surface area contributed by atoms with E-state index in [1.54, 1.807) is 13.0 Å². The predicted octanol–water partition coefficient (Wildman–Crippen LogP) is 3.41. The van der Waals surface area contributed by atoms with E-state index >= 15 is 0 Å². The van der Waals surface area contributed by atoms with Gasteiger partial charge in [-0.05, 0) is 55.0 Å². The SMILES string of the molecule is Cc1ccc(NC(=O)CN2CN(c3cccc(F)c3)c3ncccc3S2(=O)=O)cc1F. The van der Waals surface area contributed by atoms with E-state index < -0.39 is 34.1 Å². The van der Waals surface area contributed by atoms with Gasteiger partial charge in [0.05, 0.1) is 13.2 Å². The zero-order valence-corrected chi connectivity index (χ0v) is 17.2. The number of benzene rings is 2. The Bertz CT molecular complexity index is 1270. The number of halogens is 2. The van der Waals surface area contributed by atoms with E-state index in [1.807, 2.05) is 0 Å². The highest BCUT2D eigenvalue weighted by Crippen LogP contribution is 2.36. The molecule has 2 heterocycles. The number of carbonyl (C=O) groups excluding carboxylic acids is 1. The number of amides is 1. The molecule has 0 atom stereocenters. The molecule has 7 nitrogen and oxygen atoms in total. The van der Waals surface area contributed by atoms with Crippen molar-refractivity contribution >= 4 is 33.1 Å². The second kappa shape index (κ2) is 8.05. The molecule has 1 aliphatic heterocycles. The van der Waals surface area contributed by atoms with E-state index in [4.69, 9.17) is 0 Å². The van der Waals surface area contributed by atoms with Crippen molar-refractivity contribution in [3.05, 3.63) is 78.0 Å². The Morgan fingerprint density at radius 3 is 2.68 bits per heavy atom. The number of aromatic nitrogens is 1. The number of pyridine rings is 1. The van der Waals surface area contributed by atoms with Gasteiger partial charge in [0.15, 0.2) is 5.82 Å². The molecule has 0 saturated heterocycles. The van der Waals surface area contributed by atoms with Crippen molar-refractivity contribution in [3.8, 4) is 0 Å². The van der Waals surface area contributed by atoms with Crippen LogP contribution in [0.5, 0.6) is 0 Å². The fraction of sp³-hybridized carbons (Fsp3) is 0.143. The van der Waals surface area contributed by atoms with E-state index in [0.29, 0.717) is 11.3 Å². The maximum Gasteiger partial charge on any atom is 0.248 e. The van der Waals surface area contributed by atoms with Crippen molar-refractivity contribution in [1.82, 2.24) is 9.29 Å². The van der Waals surface area contributed by atoms with Gasteiger partial charge in [-0.1, -0.05) is 12.1 Å². The first kappa shape index (κ1) is 20.9. The standard InChI is InChI=1S/C21H18F2N4O3S/c1-14-7-8-16(11-18(14)23)25-20(28)12-26-13-27(17-5-2-4-15(22)10-17)21-19(31(26,29)30)6-3-9-24-21/h2-11H,12-13H2,1H3,(H,25,28). The molecule has 10 heteroatoms. The minimum Gasteiger partial charge on any atom is -0.325 e. The zero-order chi connectivity index (χ0) is 22.2. The summed E-state index contributed by atoms with van der Waals surface area (Å²) in [4.78, 5) is 18.1. The summed E-state index contributed by atoms with van der Waals surface area (Å²) in [6.07, 6.45) is 1.44. The van der Waals surface area contributed by atoms with Crippen molar-refractivity contribution in [2.45, 2.75) is 11.8 Å². The highest BCUT2D eigenvalue weighted by molar-refractivity contribution is 7.89. The Kier molecular flexibility index (Phi) is 5.42. The van der Waals surface area contributed by atoms with Gasteiger partial charge >= 0.3 is 0 Å². The van der Waals surface area contributed by atoms with Gasteiger partial charge in [-0.25, -0.2) is 22.2 Å². The number of nitrogens with one attached hydrogen (secondary N) is 1. The molecule has 1 N–H and O–H groups in total. The van der Waals surface area contributed by atoms with E-state index in [9.17, 15) is 22.0 Å². The van der Waals surface area contributed by atoms with Crippen molar-refractivity contribution in [1.29, 1.82) is 0 Å². The number of hydrogen-bond donors (Lipinski definition) is 1. The quantitative estimate of drug-likeness (QED) is 0.667. The fourth-order valence-corrected chi connectivity index (χ4v) is 4.72. The van der Waals surface area contributed by atoms with Gasteiger partial charge in [-0.2, -0.15) is 4.31 Å². The first-order valence-corrected chi connectivity index (χ1v) is 10.7. The Labute approximate surface area is 178 Å². The second-order valence-electron chi connectivity index (χ2n) is 7.00. The molecule has 0 saturated carbocycles. The van der Waals surface area contributed by atoms with Crippen LogP contribution >= 0.6 is 0 Å². The Hall–Kier alpha value is -3.37. The molecule has 2 aromatic carbocycles. The largest absolute Gasteiger partial charge is 0.325 e. The minimum absolute atomic E-state index is 0.0975. The van der Waals surface area contributed by atoms with Crippen LogP contribution in [0.3, 0.4) is 0 Å². The molecule has 1 amide bonds. The number of aryl methyl sites for hydroxylation is 1. The number of nitrogens with zero attached hydrogens (tertiary/aromatic N) is 3.